The van der Waals surface area contributed by atoms with Gasteiger partial charge in [-0.05, 0) is 39.8 Å². The topological polar surface area (TPSA) is 71.5 Å². The van der Waals surface area contributed by atoms with Gasteiger partial charge in [-0.3, -0.25) is 10.3 Å². The van der Waals surface area contributed by atoms with Crippen molar-refractivity contribution in [1.29, 1.82) is 0 Å². The third-order valence-corrected chi connectivity index (χ3v) is 1.90. The predicted molar refractivity (Wildman–Crippen MR) is 64.8 cm³/mol. The molecule has 0 saturated carbocycles. The fraction of sp³-hybridized carbons (Fsp3) is 0.500. The lowest BCUT2D eigenvalue weighted by atomic mass is 10.2. The highest BCUT2D eigenvalue weighted by Crippen LogP contribution is 2.16. The second-order valence-electron chi connectivity index (χ2n) is 4.73. The van der Waals surface area contributed by atoms with Gasteiger partial charge in [-0.2, -0.15) is 0 Å². The van der Waals surface area contributed by atoms with E-state index in [0.717, 1.165) is 5.69 Å². The van der Waals surface area contributed by atoms with Crippen LogP contribution in [0.2, 0.25) is 0 Å². The molecule has 0 atom stereocenters. The molecule has 0 unspecified atom stereocenters. The fourth-order valence-electron chi connectivity index (χ4n) is 1.26. The fourth-order valence-corrected chi connectivity index (χ4v) is 1.26. The molecule has 0 radical (unpaired) electrons. The van der Waals surface area contributed by atoms with E-state index in [1.165, 1.54) is 0 Å². The van der Waals surface area contributed by atoms with Gasteiger partial charge in [0.25, 0.3) is 0 Å². The van der Waals surface area contributed by atoms with Gasteiger partial charge in [0.1, 0.15) is 5.60 Å². The molecule has 0 aliphatic rings. The molecule has 1 aromatic heterocycles. The van der Waals surface area contributed by atoms with Crippen molar-refractivity contribution >= 4 is 11.8 Å². The molecule has 17 heavy (non-hydrogen) atoms. The van der Waals surface area contributed by atoms with Gasteiger partial charge in [0, 0.05) is 5.69 Å². The Bertz CT molecular complexity index is 411. The van der Waals surface area contributed by atoms with Crippen molar-refractivity contribution in [1.82, 2.24) is 4.98 Å². The standard InChI is InChI=1S/C12H18N2O3/c1-8-5-6-9(10(7-15)13-8)14-11(16)17-12(2,3)4/h5-6,15H,7H2,1-4H3,(H,14,16). The average Bonchev–Trinajstić information content (AvgIpc) is 2.17. The number of hydrogen-bond donors (Lipinski definition) is 2. The van der Waals surface area contributed by atoms with Crippen LogP contribution in [-0.4, -0.2) is 21.8 Å². The lowest BCUT2D eigenvalue weighted by Crippen LogP contribution is -2.27. The van der Waals surface area contributed by atoms with Gasteiger partial charge in [-0.15, -0.1) is 0 Å². The van der Waals surface area contributed by atoms with Crippen molar-refractivity contribution in [3.63, 3.8) is 0 Å². The van der Waals surface area contributed by atoms with E-state index in [-0.39, 0.29) is 6.61 Å². The van der Waals surface area contributed by atoms with Gasteiger partial charge < -0.3 is 9.84 Å². The molecular formula is C12H18N2O3. The van der Waals surface area contributed by atoms with Crippen molar-refractivity contribution in [2.45, 2.75) is 39.9 Å². The minimum Gasteiger partial charge on any atom is -0.444 e. The highest BCUT2D eigenvalue weighted by atomic mass is 16.6. The van der Waals surface area contributed by atoms with Crippen molar-refractivity contribution < 1.29 is 14.6 Å². The maximum Gasteiger partial charge on any atom is 0.412 e. The SMILES string of the molecule is Cc1ccc(NC(=O)OC(C)(C)C)c(CO)n1. The van der Waals surface area contributed by atoms with Crippen LogP contribution in [0.1, 0.15) is 32.2 Å². The third-order valence-electron chi connectivity index (χ3n) is 1.90. The smallest absolute Gasteiger partial charge is 0.412 e. The number of aromatic nitrogens is 1. The molecule has 2 N–H and O–H groups in total. The van der Waals surface area contributed by atoms with Gasteiger partial charge in [0.05, 0.1) is 18.0 Å². The van der Waals surface area contributed by atoms with Crippen LogP contribution in [-0.2, 0) is 11.3 Å². The number of anilines is 1. The summed E-state index contributed by atoms with van der Waals surface area (Å²) in [5.74, 6) is 0. The highest BCUT2D eigenvalue weighted by Gasteiger charge is 2.17. The molecule has 0 bridgehead atoms. The number of aliphatic hydroxyl groups is 1. The van der Waals surface area contributed by atoms with E-state index < -0.39 is 11.7 Å². The second-order valence-corrected chi connectivity index (χ2v) is 4.73. The van der Waals surface area contributed by atoms with E-state index in [1.807, 2.05) is 6.92 Å². The number of nitrogens with zero attached hydrogens (tertiary/aromatic N) is 1. The van der Waals surface area contributed by atoms with Crippen LogP contribution >= 0.6 is 0 Å². The van der Waals surface area contributed by atoms with Crippen LogP contribution in [0.25, 0.3) is 0 Å². The lowest BCUT2D eigenvalue weighted by Gasteiger charge is -2.20. The van der Waals surface area contributed by atoms with Gasteiger partial charge >= 0.3 is 6.09 Å². The van der Waals surface area contributed by atoms with E-state index in [0.29, 0.717) is 11.4 Å². The summed E-state index contributed by atoms with van der Waals surface area (Å²) in [4.78, 5) is 15.7. The Balaban J connectivity index is 2.78. The molecule has 0 fully saturated rings. The van der Waals surface area contributed by atoms with Gasteiger partial charge in [-0.25, -0.2) is 4.79 Å². The summed E-state index contributed by atoms with van der Waals surface area (Å²) < 4.78 is 5.11. The number of carbonyl (C=O) groups is 1. The maximum atomic E-state index is 11.5. The zero-order chi connectivity index (χ0) is 13.1. The molecule has 5 heteroatoms. The van der Waals surface area contributed by atoms with E-state index >= 15 is 0 Å². The van der Waals surface area contributed by atoms with E-state index in [4.69, 9.17) is 9.84 Å². The van der Waals surface area contributed by atoms with Crippen LogP contribution in [0.5, 0.6) is 0 Å². The normalized spacial score (nSPS) is 11.1. The van der Waals surface area contributed by atoms with Crippen LogP contribution < -0.4 is 5.32 Å². The molecule has 0 aromatic carbocycles. The molecule has 5 nitrogen and oxygen atoms in total. The number of ether oxygens (including phenoxy) is 1. The van der Waals surface area contributed by atoms with Gasteiger partial charge in [-0.1, -0.05) is 0 Å². The Morgan fingerprint density at radius 2 is 2.12 bits per heavy atom. The Kier molecular flexibility index (Phi) is 4.07. The Morgan fingerprint density at radius 1 is 1.47 bits per heavy atom. The number of carbonyl (C=O) groups excluding carboxylic acids is 1. The zero-order valence-corrected chi connectivity index (χ0v) is 10.6. The monoisotopic (exact) mass is 238 g/mol. The quantitative estimate of drug-likeness (QED) is 0.828. The first-order chi connectivity index (χ1) is 7.81. The molecular weight excluding hydrogens is 220 g/mol. The van der Waals surface area contributed by atoms with Crippen molar-refractivity contribution in [3.8, 4) is 0 Å². The number of amides is 1. The number of nitrogens with one attached hydrogen (secondary N) is 1. The van der Waals surface area contributed by atoms with Crippen LogP contribution in [0.4, 0.5) is 10.5 Å². The Hall–Kier alpha value is -1.62. The predicted octanol–water partition coefficient (Wildman–Crippen LogP) is 2.23. The van der Waals surface area contributed by atoms with E-state index in [1.54, 1.807) is 32.9 Å². The van der Waals surface area contributed by atoms with Crippen molar-refractivity contribution in [3.05, 3.63) is 23.5 Å². The van der Waals surface area contributed by atoms with E-state index in [9.17, 15) is 4.79 Å². The first-order valence-electron chi connectivity index (χ1n) is 5.39. The largest absolute Gasteiger partial charge is 0.444 e. The molecule has 0 saturated heterocycles. The number of pyridine rings is 1. The first-order valence-corrected chi connectivity index (χ1v) is 5.39. The highest BCUT2D eigenvalue weighted by molar-refractivity contribution is 5.85. The lowest BCUT2D eigenvalue weighted by molar-refractivity contribution is 0.0635. The summed E-state index contributed by atoms with van der Waals surface area (Å²) in [6.45, 7) is 6.94. The van der Waals surface area contributed by atoms with Crippen LogP contribution in [0.3, 0.4) is 0 Å². The third kappa shape index (κ3) is 4.40. The summed E-state index contributed by atoms with van der Waals surface area (Å²) >= 11 is 0. The molecule has 0 aliphatic heterocycles. The number of hydrogen-bond acceptors (Lipinski definition) is 4. The van der Waals surface area contributed by atoms with Gasteiger partial charge in [0.15, 0.2) is 0 Å². The molecule has 1 amide bonds. The minimum atomic E-state index is -0.558. The summed E-state index contributed by atoms with van der Waals surface area (Å²) in [6, 6.07) is 3.45. The van der Waals surface area contributed by atoms with Crippen molar-refractivity contribution in [2.75, 3.05) is 5.32 Å². The summed E-state index contributed by atoms with van der Waals surface area (Å²) in [5.41, 5.74) is 1.12. The molecule has 1 rings (SSSR count). The molecule has 1 aromatic rings. The summed E-state index contributed by atoms with van der Waals surface area (Å²) in [6.07, 6.45) is -0.558. The van der Waals surface area contributed by atoms with E-state index in [2.05, 4.69) is 10.3 Å². The molecule has 1 heterocycles. The minimum absolute atomic E-state index is 0.229. The van der Waals surface area contributed by atoms with Crippen molar-refractivity contribution in [2.24, 2.45) is 0 Å². The maximum absolute atomic E-state index is 11.5. The molecule has 0 aliphatic carbocycles. The Morgan fingerprint density at radius 3 is 2.65 bits per heavy atom. The number of aryl methyl sites for hydroxylation is 1. The number of rotatable bonds is 2. The van der Waals surface area contributed by atoms with Gasteiger partial charge in [0.2, 0.25) is 0 Å². The first kappa shape index (κ1) is 13.4. The zero-order valence-electron chi connectivity index (χ0n) is 10.6. The average molecular weight is 238 g/mol. The molecule has 94 valence electrons. The molecule has 0 spiro atoms. The summed E-state index contributed by atoms with van der Waals surface area (Å²) in [5, 5.41) is 11.7. The van der Waals surface area contributed by atoms with Crippen LogP contribution in [0, 0.1) is 6.92 Å². The Labute approximate surface area is 101 Å². The second kappa shape index (κ2) is 5.14. The summed E-state index contributed by atoms with van der Waals surface area (Å²) in [7, 11) is 0. The van der Waals surface area contributed by atoms with Crippen LogP contribution in [0.15, 0.2) is 12.1 Å². The number of aliphatic hydroxyl groups excluding tert-OH is 1.